The van der Waals surface area contributed by atoms with Crippen LogP contribution in [0.3, 0.4) is 0 Å². The molecule has 0 radical (unpaired) electrons. The number of nitrogens with zero attached hydrogens (tertiary/aromatic N) is 3. The van der Waals surface area contributed by atoms with Crippen LogP contribution in [0, 0.1) is 0 Å². The highest BCUT2D eigenvalue weighted by atomic mass is 16.5. The minimum atomic E-state index is 0.824. The molecule has 1 aliphatic rings. The maximum absolute atomic E-state index is 7.05. The fourth-order valence-electron chi connectivity index (χ4n) is 7.35. The van der Waals surface area contributed by atoms with Crippen LogP contribution in [0.1, 0.15) is 11.1 Å². The molecule has 234 valence electrons. The number of benzene rings is 6. The van der Waals surface area contributed by atoms with Gasteiger partial charge in [-0.2, -0.15) is 0 Å². The number of pyridine rings is 2. The van der Waals surface area contributed by atoms with Crippen molar-refractivity contribution >= 4 is 44.9 Å². The van der Waals surface area contributed by atoms with Crippen LogP contribution < -0.4 is 4.74 Å². The van der Waals surface area contributed by atoms with Gasteiger partial charge < -0.3 is 4.74 Å². The number of ether oxygens (including phenoxy) is 1. The van der Waals surface area contributed by atoms with Crippen molar-refractivity contribution in [2.24, 2.45) is 0 Å². The number of hydrogen-bond acceptors (Lipinski definition) is 3. The summed E-state index contributed by atoms with van der Waals surface area (Å²) in [4.78, 5) is 9.74. The lowest BCUT2D eigenvalue weighted by Crippen LogP contribution is -1.97. The van der Waals surface area contributed by atoms with Gasteiger partial charge in [0.2, 0.25) is 0 Å². The number of rotatable bonds is 2. The van der Waals surface area contributed by atoms with Gasteiger partial charge >= 0.3 is 0 Å². The summed E-state index contributed by atoms with van der Waals surface area (Å²) in [5.74, 6) is 2.51. The first-order valence-electron chi connectivity index (χ1n) is 16.8. The first kappa shape index (κ1) is 28.3. The summed E-state index contributed by atoms with van der Waals surface area (Å²) in [6, 6.07) is 53.1. The van der Waals surface area contributed by atoms with Crippen molar-refractivity contribution in [2.45, 2.75) is 0 Å². The lowest BCUT2D eigenvalue weighted by molar-refractivity contribution is 0.492. The van der Waals surface area contributed by atoms with Crippen LogP contribution in [0.5, 0.6) is 11.5 Å². The van der Waals surface area contributed by atoms with Crippen LogP contribution >= 0.6 is 0 Å². The highest BCUT2D eigenvalue weighted by Crippen LogP contribution is 2.46. The zero-order valence-corrected chi connectivity index (χ0v) is 27.0. The van der Waals surface area contributed by atoms with Crippen molar-refractivity contribution < 1.29 is 4.74 Å². The predicted octanol–water partition coefficient (Wildman–Crippen LogP) is 12.0. The summed E-state index contributed by atoms with van der Waals surface area (Å²) in [6.07, 6.45) is 8.25. The SMILES string of the molecule is C1=Cc2ccc(-c3cnc4c(c3)c3ccccc3n4-c3ccccn3)cc2-c2ccc3ccccc3c2Oc2ccccc2-c2ccccc21. The molecule has 6 aromatic carbocycles. The van der Waals surface area contributed by atoms with Crippen LogP contribution in [-0.4, -0.2) is 14.5 Å². The third-order valence-electron chi connectivity index (χ3n) is 9.74. The van der Waals surface area contributed by atoms with Gasteiger partial charge in [-0.3, -0.25) is 4.57 Å². The lowest BCUT2D eigenvalue weighted by Gasteiger charge is -2.18. The largest absolute Gasteiger partial charge is 0.455 e. The molecule has 0 N–H and O–H groups in total. The van der Waals surface area contributed by atoms with Crippen molar-refractivity contribution in [1.82, 2.24) is 14.5 Å². The molecular weight excluding hydrogens is 611 g/mol. The van der Waals surface area contributed by atoms with Gasteiger partial charge in [0, 0.05) is 45.2 Å². The molecule has 0 saturated heterocycles. The Labute approximate surface area is 289 Å². The Kier molecular flexibility index (Phi) is 6.46. The third-order valence-corrected chi connectivity index (χ3v) is 9.74. The zero-order chi connectivity index (χ0) is 33.0. The molecular formula is C46H29N3O. The molecule has 50 heavy (non-hydrogen) atoms. The van der Waals surface area contributed by atoms with Crippen molar-refractivity contribution in [3.63, 3.8) is 0 Å². The van der Waals surface area contributed by atoms with Gasteiger partial charge in [-0.05, 0) is 75.7 Å². The minimum absolute atomic E-state index is 0.824. The Morgan fingerprint density at radius 1 is 0.480 bits per heavy atom. The quantitative estimate of drug-likeness (QED) is 0.189. The average molecular weight is 640 g/mol. The monoisotopic (exact) mass is 639 g/mol. The third kappa shape index (κ3) is 4.54. The van der Waals surface area contributed by atoms with Crippen LogP contribution in [0.25, 0.3) is 84.1 Å². The van der Waals surface area contributed by atoms with E-state index < -0.39 is 0 Å². The van der Waals surface area contributed by atoms with E-state index in [1.54, 1.807) is 0 Å². The van der Waals surface area contributed by atoms with Gasteiger partial charge in [0.1, 0.15) is 23.0 Å². The molecule has 0 spiro atoms. The Hall–Kier alpha value is -6.78. The highest BCUT2D eigenvalue weighted by molar-refractivity contribution is 6.09. The predicted molar refractivity (Wildman–Crippen MR) is 206 cm³/mol. The van der Waals surface area contributed by atoms with Gasteiger partial charge in [0.15, 0.2) is 0 Å². The molecule has 0 bridgehead atoms. The molecule has 10 rings (SSSR count). The molecule has 9 aromatic rings. The maximum atomic E-state index is 7.05. The number of hydrogen-bond donors (Lipinski definition) is 0. The molecule has 0 atom stereocenters. The highest BCUT2D eigenvalue weighted by Gasteiger charge is 2.20. The van der Waals surface area contributed by atoms with E-state index in [-0.39, 0.29) is 0 Å². The smallest absolute Gasteiger partial charge is 0.146 e. The van der Waals surface area contributed by atoms with Gasteiger partial charge in [-0.15, -0.1) is 0 Å². The van der Waals surface area contributed by atoms with Crippen molar-refractivity contribution in [3.8, 4) is 50.7 Å². The number of aromatic nitrogens is 3. The molecule has 4 heteroatoms. The molecule has 3 aromatic heterocycles. The van der Waals surface area contributed by atoms with E-state index in [0.717, 1.165) is 94.5 Å². The van der Waals surface area contributed by atoms with Crippen molar-refractivity contribution in [2.75, 3.05) is 0 Å². The minimum Gasteiger partial charge on any atom is -0.455 e. The summed E-state index contributed by atoms with van der Waals surface area (Å²) in [6.45, 7) is 0. The standard InChI is InChI=1S/C46H29N3O/c1-3-13-35-30(11-1)20-21-32-22-23-33(34-28-41-37-15-5-7-17-42(37)49(46(41)48-29-34)44-19-9-10-26-47-44)27-40(32)39-25-24-31-12-2-4-14-36(31)45(39)50-43-18-8-6-16-38(35)43/h1-29H. The van der Waals surface area contributed by atoms with Crippen LogP contribution in [0.2, 0.25) is 0 Å². The second-order valence-corrected chi connectivity index (χ2v) is 12.6. The molecule has 1 aliphatic heterocycles. The first-order valence-corrected chi connectivity index (χ1v) is 16.8. The van der Waals surface area contributed by atoms with E-state index in [1.807, 2.05) is 36.7 Å². The molecule has 0 amide bonds. The Morgan fingerprint density at radius 2 is 1.24 bits per heavy atom. The Balaban J connectivity index is 1.22. The lowest BCUT2D eigenvalue weighted by atomic mass is 9.92. The maximum Gasteiger partial charge on any atom is 0.146 e. The van der Waals surface area contributed by atoms with Gasteiger partial charge in [0.25, 0.3) is 0 Å². The zero-order valence-electron chi connectivity index (χ0n) is 27.0. The molecule has 0 saturated carbocycles. The fourth-order valence-corrected chi connectivity index (χ4v) is 7.35. The number of para-hydroxylation sites is 2. The van der Waals surface area contributed by atoms with E-state index in [1.165, 1.54) is 0 Å². The van der Waals surface area contributed by atoms with Gasteiger partial charge in [-0.1, -0.05) is 121 Å². The molecule has 4 nitrogen and oxygen atoms in total. The fraction of sp³-hybridized carbons (Fsp3) is 0. The summed E-state index contributed by atoms with van der Waals surface area (Å²) in [5, 5.41) is 4.43. The Morgan fingerprint density at radius 3 is 2.14 bits per heavy atom. The van der Waals surface area contributed by atoms with Gasteiger partial charge in [0.05, 0.1) is 5.52 Å². The summed E-state index contributed by atoms with van der Waals surface area (Å²) >= 11 is 0. The summed E-state index contributed by atoms with van der Waals surface area (Å²) < 4.78 is 9.19. The van der Waals surface area contributed by atoms with Crippen LogP contribution in [-0.2, 0) is 0 Å². The summed E-state index contributed by atoms with van der Waals surface area (Å²) in [7, 11) is 0. The van der Waals surface area contributed by atoms with Crippen LogP contribution in [0.4, 0.5) is 0 Å². The average Bonchev–Trinajstić information content (AvgIpc) is 3.50. The van der Waals surface area contributed by atoms with Gasteiger partial charge in [-0.25, -0.2) is 9.97 Å². The normalized spacial score (nSPS) is 12.1. The number of fused-ring (bicyclic) bond motifs is 11. The molecule has 0 aliphatic carbocycles. The first-order chi connectivity index (χ1) is 24.8. The van der Waals surface area contributed by atoms with Crippen molar-refractivity contribution in [3.05, 3.63) is 175 Å². The van der Waals surface area contributed by atoms with E-state index in [4.69, 9.17) is 9.72 Å². The second-order valence-electron chi connectivity index (χ2n) is 12.6. The summed E-state index contributed by atoms with van der Waals surface area (Å²) in [5.41, 5.74) is 10.6. The van der Waals surface area contributed by atoms with E-state index in [9.17, 15) is 0 Å². The second kappa shape index (κ2) is 11.4. The molecule has 0 unspecified atom stereocenters. The topological polar surface area (TPSA) is 39.9 Å². The molecule has 0 fully saturated rings. The van der Waals surface area contributed by atoms with E-state index in [0.29, 0.717) is 0 Å². The van der Waals surface area contributed by atoms with E-state index in [2.05, 4.69) is 149 Å². The molecule has 4 heterocycles. The van der Waals surface area contributed by atoms with Crippen LogP contribution in [0.15, 0.2) is 164 Å². The van der Waals surface area contributed by atoms with Crippen molar-refractivity contribution in [1.29, 1.82) is 0 Å². The Bertz CT molecular complexity index is 2790. The van der Waals surface area contributed by atoms with E-state index >= 15 is 0 Å².